The number of alkyl halides is 3. The van der Waals surface area contributed by atoms with Crippen LogP contribution in [0.25, 0.3) is 0 Å². The van der Waals surface area contributed by atoms with Crippen LogP contribution in [0.2, 0.25) is 0 Å². The first kappa shape index (κ1) is 12.2. The maximum Gasteiger partial charge on any atom is 0.428 e. The van der Waals surface area contributed by atoms with Crippen LogP contribution in [0, 0.1) is 0 Å². The van der Waals surface area contributed by atoms with Gasteiger partial charge in [0.25, 0.3) is 5.60 Å². The first-order chi connectivity index (χ1) is 5.79. The SMILES string of the molecule is CCCC(O)(C(=O)OC)C(F)(F)F. The van der Waals surface area contributed by atoms with E-state index in [9.17, 15) is 18.0 Å². The first-order valence-corrected chi connectivity index (χ1v) is 3.67. The van der Waals surface area contributed by atoms with Crippen molar-refractivity contribution in [2.24, 2.45) is 0 Å². The third-order valence-corrected chi connectivity index (χ3v) is 1.60. The first-order valence-electron chi connectivity index (χ1n) is 3.67. The Kier molecular flexibility index (Phi) is 3.71. The predicted octanol–water partition coefficient (Wildman–Crippen LogP) is 1.25. The Balaban J connectivity index is 4.83. The smallest absolute Gasteiger partial charge is 0.428 e. The molecule has 0 aliphatic carbocycles. The minimum atomic E-state index is -4.99. The lowest BCUT2D eigenvalue weighted by Crippen LogP contribution is -2.52. The van der Waals surface area contributed by atoms with Crippen molar-refractivity contribution in [2.45, 2.75) is 31.5 Å². The number of carbonyl (C=O) groups is 1. The van der Waals surface area contributed by atoms with Gasteiger partial charge in [-0.1, -0.05) is 13.3 Å². The summed E-state index contributed by atoms with van der Waals surface area (Å²) in [6.07, 6.45) is -5.65. The molecule has 0 aliphatic heterocycles. The summed E-state index contributed by atoms with van der Waals surface area (Å²) in [6, 6.07) is 0. The Morgan fingerprint density at radius 2 is 1.92 bits per heavy atom. The zero-order valence-corrected chi connectivity index (χ0v) is 7.31. The molecule has 0 bridgehead atoms. The Labute approximate surface area is 73.5 Å². The van der Waals surface area contributed by atoms with Crippen LogP contribution in [0.5, 0.6) is 0 Å². The normalized spacial score (nSPS) is 16.5. The topological polar surface area (TPSA) is 46.5 Å². The van der Waals surface area contributed by atoms with E-state index >= 15 is 0 Å². The summed E-state index contributed by atoms with van der Waals surface area (Å²) in [4.78, 5) is 10.7. The van der Waals surface area contributed by atoms with Gasteiger partial charge in [-0.2, -0.15) is 13.2 Å². The summed E-state index contributed by atoms with van der Waals surface area (Å²) < 4.78 is 40.4. The van der Waals surface area contributed by atoms with Crippen LogP contribution in [0.3, 0.4) is 0 Å². The van der Waals surface area contributed by atoms with Crippen molar-refractivity contribution < 1.29 is 27.8 Å². The van der Waals surface area contributed by atoms with Gasteiger partial charge in [0.2, 0.25) is 0 Å². The van der Waals surface area contributed by atoms with E-state index in [1.807, 2.05) is 0 Å². The van der Waals surface area contributed by atoms with Gasteiger partial charge >= 0.3 is 12.1 Å². The maximum absolute atomic E-state index is 12.2. The second-order valence-corrected chi connectivity index (χ2v) is 2.60. The second-order valence-electron chi connectivity index (χ2n) is 2.60. The van der Waals surface area contributed by atoms with E-state index in [4.69, 9.17) is 5.11 Å². The van der Waals surface area contributed by atoms with Gasteiger partial charge in [0.05, 0.1) is 7.11 Å². The number of methoxy groups -OCH3 is 1. The van der Waals surface area contributed by atoms with Crippen molar-refractivity contribution in [2.75, 3.05) is 7.11 Å². The van der Waals surface area contributed by atoms with Gasteiger partial charge in [0, 0.05) is 0 Å². The summed E-state index contributed by atoms with van der Waals surface area (Å²) >= 11 is 0. The van der Waals surface area contributed by atoms with Crippen molar-refractivity contribution in [1.29, 1.82) is 0 Å². The average Bonchev–Trinajstić information content (AvgIpc) is 2.01. The number of aliphatic hydroxyl groups is 1. The molecule has 0 aliphatic rings. The molecule has 78 valence electrons. The fraction of sp³-hybridized carbons (Fsp3) is 0.857. The Bertz CT molecular complexity index is 190. The molecule has 0 aromatic rings. The lowest BCUT2D eigenvalue weighted by Gasteiger charge is -2.26. The van der Waals surface area contributed by atoms with E-state index in [2.05, 4.69) is 4.74 Å². The van der Waals surface area contributed by atoms with Gasteiger partial charge in [-0.15, -0.1) is 0 Å². The molecule has 0 rings (SSSR count). The van der Waals surface area contributed by atoms with Crippen molar-refractivity contribution in [3.8, 4) is 0 Å². The molecule has 0 radical (unpaired) electrons. The van der Waals surface area contributed by atoms with E-state index in [1.54, 1.807) is 0 Å². The van der Waals surface area contributed by atoms with E-state index in [0.717, 1.165) is 7.11 Å². The molecule has 1 N–H and O–H groups in total. The van der Waals surface area contributed by atoms with Crippen LogP contribution in [0.15, 0.2) is 0 Å². The zero-order chi connectivity index (χ0) is 10.7. The molecule has 0 saturated heterocycles. The van der Waals surface area contributed by atoms with Gasteiger partial charge in [0.15, 0.2) is 0 Å². The Hall–Kier alpha value is -0.780. The number of hydrogen-bond acceptors (Lipinski definition) is 3. The number of esters is 1. The van der Waals surface area contributed by atoms with E-state index in [1.165, 1.54) is 6.92 Å². The third-order valence-electron chi connectivity index (χ3n) is 1.60. The van der Waals surface area contributed by atoms with Gasteiger partial charge in [-0.05, 0) is 6.42 Å². The monoisotopic (exact) mass is 200 g/mol. The summed E-state index contributed by atoms with van der Waals surface area (Å²) in [5.74, 6) is -1.66. The quantitative estimate of drug-likeness (QED) is 0.697. The molecule has 3 nitrogen and oxygen atoms in total. The Morgan fingerprint density at radius 3 is 2.15 bits per heavy atom. The van der Waals surface area contributed by atoms with E-state index < -0.39 is 24.2 Å². The molecular formula is C7H11F3O3. The van der Waals surface area contributed by atoms with Crippen molar-refractivity contribution in [3.63, 3.8) is 0 Å². The molecule has 0 spiro atoms. The highest BCUT2D eigenvalue weighted by Gasteiger charge is 2.59. The molecule has 0 fully saturated rings. The summed E-state index contributed by atoms with van der Waals surface area (Å²) in [5.41, 5.74) is -3.36. The second kappa shape index (κ2) is 3.95. The molecule has 13 heavy (non-hydrogen) atoms. The van der Waals surface area contributed by atoms with Crippen LogP contribution < -0.4 is 0 Å². The van der Waals surface area contributed by atoms with Crippen LogP contribution >= 0.6 is 0 Å². The highest BCUT2D eigenvalue weighted by atomic mass is 19.4. The highest BCUT2D eigenvalue weighted by Crippen LogP contribution is 2.34. The molecule has 6 heteroatoms. The average molecular weight is 200 g/mol. The van der Waals surface area contributed by atoms with Crippen molar-refractivity contribution in [3.05, 3.63) is 0 Å². The van der Waals surface area contributed by atoms with Crippen LogP contribution in [-0.2, 0) is 9.53 Å². The van der Waals surface area contributed by atoms with Crippen molar-refractivity contribution >= 4 is 5.97 Å². The van der Waals surface area contributed by atoms with E-state index in [0.29, 0.717) is 0 Å². The number of ether oxygens (including phenoxy) is 1. The van der Waals surface area contributed by atoms with Crippen LogP contribution in [-0.4, -0.2) is 30.0 Å². The molecule has 0 heterocycles. The van der Waals surface area contributed by atoms with Crippen LogP contribution in [0.4, 0.5) is 13.2 Å². The lowest BCUT2D eigenvalue weighted by molar-refractivity contribution is -0.263. The molecule has 0 amide bonds. The number of halogens is 3. The summed E-state index contributed by atoms with van der Waals surface area (Å²) in [5, 5.41) is 9.02. The molecular weight excluding hydrogens is 189 g/mol. The fourth-order valence-corrected chi connectivity index (χ4v) is 0.890. The summed E-state index contributed by atoms with van der Waals surface area (Å²) in [6.45, 7) is 1.43. The Morgan fingerprint density at radius 1 is 1.46 bits per heavy atom. The van der Waals surface area contributed by atoms with Crippen LogP contribution in [0.1, 0.15) is 19.8 Å². The van der Waals surface area contributed by atoms with Crippen molar-refractivity contribution in [1.82, 2.24) is 0 Å². The zero-order valence-electron chi connectivity index (χ0n) is 7.31. The van der Waals surface area contributed by atoms with Gasteiger partial charge in [0.1, 0.15) is 0 Å². The molecule has 1 atom stereocenters. The predicted molar refractivity (Wildman–Crippen MR) is 37.9 cm³/mol. The van der Waals surface area contributed by atoms with Gasteiger partial charge < -0.3 is 9.84 Å². The fourth-order valence-electron chi connectivity index (χ4n) is 0.890. The lowest BCUT2D eigenvalue weighted by atomic mass is 9.98. The molecule has 1 unspecified atom stereocenters. The third kappa shape index (κ3) is 2.33. The molecule has 0 aromatic heterocycles. The van der Waals surface area contributed by atoms with Gasteiger partial charge in [-0.3, -0.25) is 0 Å². The summed E-state index contributed by atoms with van der Waals surface area (Å²) in [7, 11) is 0.800. The number of hydrogen-bond donors (Lipinski definition) is 1. The van der Waals surface area contributed by atoms with Gasteiger partial charge in [-0.25, -0.2) is 4.79 Å². The number of carbonyl (C=O) groups excluding carboxylic acids is 1. The largest absolute Gasteiger partial charge is 0.467 e. The minimum Gasteiger partial charge on any atom is -0.467 e. The number of rotatable bonds is 3. The highest BCUT2D eigenvalue weighted by molar-refractivity contribution is 5.80. The maximum atomic E-state index is 12.2. The molecule has 0 aromatic carbocycles. The molecule has 0 saturated carbocycles. The minimum absolute atomic E-state index is 0.0328. The standard InChI is InChI=1S/C7H11F3O3/c1-3-4-6(12,5(11)13-2)7(8,9)10/h12H,3-4H2,1-2H3. The van der Waals surface area contributed by atoms with E-state index in [-0.39, 0.29) is 6.42 Å².